The lowest BCUT2D eigenvalue weighted by molar-refractivity contribution is 0.159. The van der Waals surface area contributed by atoms with E-state index in [0.717, 1.165) is 0 Å². The van der Waals surface area contributed by atoms with Crippen LogP contribution >= 0.6 is 11.3 Å². The van der Waals surface area contributed by atoms with Crippen molar-refractivity contribution in [1.29, 1.82) is 0 Å². The van der Waals surface area contributed by atoms with Gasteiger partial charge >= 0.3 is 0 Å². The predicted molar refractivity (Wildman–Crippen MR) is 67.4 cm³/mol. The highest BCUT2D eigenvalue weighted by atomic mass is 32.1. The molecule has 84 valence electrons. The first-order chi connectivity index (χ1) is 7.29. The van der Waals surface area contributed by atoms with E-state index in [1.807, 2.05) is 11.3 Å². The van der Waals surface area contributed by atoms with Crippen LogP contribution < -0.4 is 0 Å². The summed E-state index contributed by atoms with van der Waals surface area (Å²) < 4.78 is 0. The zero-order valence-corrected chi connectivity index (χ0v) is 10.6. The molecule has 1 aliphatic rings. The average molecular weight is 223 g/mol. The van der Waals surface area contributed by atoms with Crippen LogP contribution in [0.2, 0.25) is 0 Å². The van der Waals surface area contributed by atoms with E-state index in [4.69, 9.17) is 0 Å². The van der Waals surface area contributed by atoms with E-state index in [-0.39, 0.29) is 0 Å². The molecular formula is C13H21NS. The number of thiophene rings is 1. The van der Waals surface area contributed by atoms with Gasteiger partial charge in [0.1, 0.15) is 0 Å². The van der Waals surface area contributed by atoms with Crippen molar-refractivity contribution < 1.29 is 0 Å². The summed E-state index contributed by atoms with van der Waals surface area (Å²) in [6.45, 7) is 5.93. The van der Waals surface area contributed by atoms with Crippen molar-refractivity contribution >= 4 is 11.3 Å². The van der Waals surface area contributed by atoms with Crippen LogP contribution in [0.25, 0.3) is 0 Å². The Labute approximate surface area is 97.1 Å². The van der Waals surface area contributed by atoms with Crippen LogP contribution in [0.4, 0.5) is 0 Å². The molecule has 2 heteroatoms. The minimum Gasteiger partial charge on any atom is -0.293 e. The summed E-state index contributed by atoms with van der Waals surface area (Å²) >= 11 is 1.92. The predicted octanol–water partition coefficient (Wildman–Crippen LogP) is 4.07. The summed E-state index contributed by atoms with van der Waals surface area (Å²) in [5, 5.41) is 2.21. The van der Waals surface area contributed by atoms with Crippen LogP contribution in [0.3, 0.4) is 0 Å². The zero-order chi connectivity index (χ0) is 10.7. The Kier molecular flexibility index (Phi) is 3.81. The van der Waals surface area contributed by atoms with Gasteiger partial charge in [0.2, 0.25) is 0 Å². The van der Waals surface area contributed by atoms with E-state index in [1.165, 1.54) is 32.2 Å². The molecule has 1 nitrogen and oxygen atoms in total. The van der Waals surface area contributed by atoms with Gasteiger partial charge in [-0.15, -0.1) is 11.3 Å². The molecule has 1 atom stereocenters. The third-order valence-corrected chi connectivity index (χ3v) is 4.30. The van der Waals surface area contributed by atoms with Crippen molar-refractivity contribution in [2.24, 2.45) is 0 Å². The highest BCUT2D eigenvalue weighted by Crippen LogP contribution is 2.33. The fraction of sp³-hybridized carbons (Fsp3) is 0.692. The molecule has 0 bridgehead atoms. The second-order valence-corrected chi connectivity index (χ2v) is 5.69. The van der Waals surface area contributed by atoms with Gasteiger partial charge in [-0.25, -0.2) is 0 Å². The van der Waals surface area contributed by atoms with E-state index in [1.54, 1.807) is 4.88 Å². The Morgan fingerprint density at radius 2 is 2.20 bits per heavy atom. The molecule has 0 aromatic carbocycles. The SMILES string of the molecule is CC(C)N1CCCCCC1c1cccs1. The molecule has 1 unspecified atom stereocenters. The Morgan fingerprint density at radius 3 is 2.87 bits per heavy atom. The quantitative estimate of drug-likeness (QED) is 0.730. The number of hydrogen-bond donors (Lipinski definition) is 0. The lowest BCUT2D eigenvalue weighted by atomic mass is 10.1. The summed E-state index contributed by atoms with van der Waals surface area (Å²) in [5.74, 6) is 0. The standard InChI is InChI=1S/C13H21NS/c1-11(2)14-9-5-3-4-7-12(14)13-8-6-10-15-13/h6,8,10-12H,3-5,7,9H2,1-2H3. The smallest absolute Gasteiger partial charge is 0.0444 e. The number of rotatable bonds is 2. The van der Waals surface area contributed by atoms with Gasteiger partial charge in [0.05, 0.1) is 0 Å². The summed E-state index contributed by atoms with van der Waals surface area (Å²) in [7, 11) is 0. The van der Waals surface area contributed by atoms with Gasteiger partial charge in [0, 0.05) is 17.0 Å². The molecule has 1 saturated heterocycles. The van der Waals surface area contributed by atoms with Crippen LogP contribution in [0.15, 0.2) is 17.5 Å². The summed E-state index contributed by atoms with van der Waals surface area (Å²) in [5.41, 5.74) is 0. The van der Waals surface area contributed by atoms with Crippen LogP contribution in [0, 0.1) is 0 Å². The molecule has 0 N–H and O–H groups in total. The molecule has 1 fully saturated rings. The number of likely N-dealkylation sites (tertiary alicyclic amines) is 1. The molecule has 1 aromatic rings. The maximum absolute atomic E-state index is 2.68. The second kappa shape index (κ2) is 5.13. The molecule has 1 aromatic heterocycles. The van der Waals surface area contributed by atoms with E-state index < -0.39 is 0 Å². The van der Waals surface area contributed by atoms with Gasteiger partial charge in [0.25, 0.3) is 0 Å². The summed E-state index contributed by atoms with van der Waals surface area (Å²) in [6, 6.07) is 5.85. The molecule has 0 aliphatic carbocycles. The van der Waals surface area contributed by atoms with Crippen LogP contribution in [0.1, 0.15) is 50.4 Å². The monoisotopic (exact) mass is 223 g/mol. The fourth-order valence-electron chi connectivity index (χ4n) is 2.54. The van der Waals surface area contributed by atoms with Crippen molar-refractivity contribution in [3.8, 4) is 0 Å². The van der Waals surface area contributed by atoms with E-state index >= 15 is 0 Å². The molecule has 2 rings (SSSR count). The van der Waals surface area contributed by atoms with Gasteiger partial charge in [-0.1, -0.05) is 18.9 Å². The third-order valence-electron chi connectivity index (χ3n) is 3.33. The molecule has 0 radical (unpaired) electrons. The first kappa shape index (κ1) is 11.2. The zero-order valence-electron chi connectivity index (χ0n) is 9.78. The van der Waals surface area contributed by atoms with Gasteiger partial charge < -0.3 is 0 Å². The maximum Gasteiger partial charge on any atom is 0.0444 e. The van der Waals surface area contributed by atoms with Crippen LogP contribution in [-0.4, -0.2) is 17.5 Å². The first-order valence-corrected chi connectivity index (χ1v) is 6.96. The minimum atomic E-state index is 0.676. The van der Waals surface area contributed by atoms with E-state index in [0.29, 0.717) is 12.1 Å². The first-order valence-electron chi connectivity index (χ1n) is 6.08. The highest BCUT2D eigenvalue weighted by Gasteiger charge is 2.24. The third kappa shape index (κ3) is 2.61. The van der Waals surface area contributed by atoms with Crippen molar-refractivity contribution in [3.63, 3.8) is 0 Å². The molecule has 1 aliphatic heterocycles. The van der Waals surface area contributed by atoms with E-state index in [2.05, 4.69) is 36.3 Å². The average Bonchev–Trinajstić information content (AvgIpc) is 2.61. The van der Waals surface area contributed by atoms with Gasteiger partial charge in [-0.2, -0.15) is 0 Å². The van der Waals surface area contributed by atoms with Crippen LogP contribution in [-0.2, 0) is 0 Å². The van der Waals surface area contributed by atoms with Crippen molar-refractivity contribution in [2.45, 2.75) is 51.6 Å². The number of hydrogen-bond acceptors (Lipinski definition) is 2. The van der Waals surface area contributed by atoms with Crippen LogP contribution in [0.5, 0.6) is 0 Å². The second-order valence-electron chi connectivity index (χ2n) is 4.71. The fourth-order valence-corrected chi connectivity index (χ4v) is 3.42. The van der Waals surface area contributed by atoms with E-state index in [9.17, 15) is 0 Å². The van der Waals surface area contributed by atoms with Crippen molar-refractivity contribution in [2.75, 3.05) is 6.54 Å². The molecule has 0 amide bonds. The van der Waals surface area contributed by atoms with Crippen molar-refractivity contribution in [1.82, 2.24) is 4.90 Å². The maximum atomic E-state index is 2.68. The molecule has 0 saturated carbocycles. The normalized spacial score (nSPS) is 24.3. The van der Waals surface area contributed by atoms with Gasteiger partial charge in [-0.3, -0.25) is 4.90 Å². The Balaban J connectivity index is 2.17. The highest BCUT2D eigenvalue weighted by molar-refractivity contribution is 7.10. The molecular weight excluding hydrogens is 202 g/mol. The summed E-state index contributed by atoms with van der Waals surface area (Å²) in [4.78, 5) is 4.24. The van der Waals surface area contributed by atoms with Crippen molar-refractivity contribution in [3.05, 3.63) is 22.4 Å². The largest absolute Gasteiger partial charge is 0.293 e. The van der Waals surface area contributed by atoms with Gasteiger partial charge in [-0.05, 0) is 44.7 Å². The Hall–Kier alpha value is -0.340. The minimum absolute atomic E-state index is 0.676. The Bertz CT molecular complexity index is 279. The lowest BCUT2D eigenvalue weighted by Crippen LogP contribution is -2.34. The molecule has 2 heterocycles. The topological polar surface area (TPSA) is 3.24 Å². The summed E-state index contributed by atoms with van der Waals surface area (Å²) in [6.07, 6.45) is 5.52. The van der Waals surface area contributed by atoms with Gasteiger partial charge in [0.15, 0.2) is 0 Å². The number of nitrogens with zero attached hydrogens (tertiary/aromatic N) is 1. The molecule has 0 spiro atoms. The molecule has 15 heavy (non-hydrogen) atoms. The lowest BCUT2D eigenvalue weighted by Gasteiger charge is -2.32. The Morgan fingerprint density at radius 1 is 1.33 bits per heavy atom.